The second kappa shape index (κ2) is 10.6. The van der Waals surface area contributed by atoms with Crippen molar-refractivity contribution in [2.45, 2.75) is 19.3 Å². The van der Waals surface area contributed by atoms with E-state index in [0.29, 0.717) is 13.0 Å². The Hall–Kier alpha value is -1.11. The molecule has 1 saturated heterocycles. The largest absolute Gasteiger partial charge is 0.494 e. The lowest BCUT2D eigenvalue weighted by molar-refractivity contribution is -0.121. The summed E-state index contributed by atoms with van der Waals surface area (Å²) in [5, 5.41) is 6.32. The summed E-state index contributed by atoms with van der Waals surface area (Å²) in [6.45, 7) is 6.58. The molecular formula is C17H26BrN3O2. The topological polar surface area (TPSA) is 53.6 Å². The van der Waals surface area contributed by atoms with Crippen molar-refractivity contribution >= 4 is 21.8 Å². The number of carbonyl (C=O) groups excluding carboxylic acids is 1. The Balaban J connectivity index is 1.45. The second-order valence-electron chi connectivity index (χ2n) is 5.70. The van der Waals surface area contributed by atoms with Crippen molar-refractivity contribution < 1.29 is 9.53 Å². The average molecular weight is 384 g/mol. The van der Waals surface area contributed by atoms with E-state index in [9.17, 15) is 4.79 Å². The van der Waals surface area contributed by atoms with Gasteiger partial charge in [-0.3, -0.25) is 9.69 Å². The van der Waals surface area contributed by atoms with Gasteiger partial charge in [0.05, 0.1) is 6.61 Å². The Morgan fingerprint density at radius 1 is 1.22 bits per heavy atom. The molecular weight excluding hydrogens is 358 g/mol. The molecule has 0 atom stereocenters. The molecule has 1 aliphatic rings. The number of nitrogens with one attached hydrogen (secondary N) is 2. The highest BCUT2D eigenvalue weighted by molar-refractivity contribution is 9.10. The molecule has 0 saturated carbocycles. The smallest absolute Gasteiger partial charge is 0.220 e. The van der Waals surface area contributed by atoms with Crippen molar-refractivity contribution in [1.29, 1.82) is 0 Å². The summed E-state index contributed by atoms with van der Waals surface area (Å²) in [6.07, 6.45) is 2.32. The van der Waals surface area contributed by atoms with Gasteiger partial charge in [-0.15, -0.1) is 0 Å². The first-order chi connectivity index (χ1) is 11.2. The Bertz CT molecular complexity index is 461. The van der Waals surface area contributed by atoms with Crippen LogP contribution in [0.5, 0.6) is 5.75 Å². The van der Waals surface area contributed by atoms with Gasteiger partial charge in [-0.25, -0.2) is 0 Å². The van der Waals surface area contributed by atoms with Crippen LogP contribution < -0.4 is 15.4 Å². The third-order valence-electron chi connectivity index (χ3n) is 3.84. The van der Waals surface area contributed by atoms with E-state index in [4.69, 9.17) is 4.74 Å². The van der Waals surface area contributed by atoms with Crippen LogP contribution in [0, 0.1) is 0 Å². The maximum absolute atomic E-state index is 11.8. The molecule has 0 unspecified atom stereocenters. The van der Waals surface area contributed by atoms with Crippen LogP contribution in [0.1, 0.15) is 19.3 Å². The molecule has 1 aromatic rings. The van der Waals surface area contributed by atoms with Gasteiger partial charge in [-0.1, -0.05) is 15.9 Å². The van der Waals surface area contributed by atoms with Crippen LogP contribution in [0.15, 0.2) is 28.7 Å². The number of benzene rings is 1. The average Bonchev–Trinajstić information content (AvgIpc) is 2.57. The van der Waals surface area contributed by atoms with Crippen molar-refractivity contribution in [2.24, 2.45) is 0 Å². The number of rotatable bonds is 9. The molecule has 1 aromatic carbocycles. The molecule has 0 aliphatic carbocycles. The molecule has 2 rings (SSSR count). The first-order valence-electron chi connectivity index (χ1n) is 8.32. The third-order valence-corrected chi connectivity index (χ3v) is 4.37. The van der Waals surface area contributed by atoms with E-state index < -0.39 is 0 Å². The van der Waals surface area contributed by atoms with Gasteiger partial charge in [0.2, 0.25) is 5.91 Å². The molecule has 0 bridgehead atoms. The van der Waals surface area contributed by atoms with Gasteiger partial charge in [0.1, 0.15) is 5.75 Å². The van der Waals surface area contributed by atoms with E-state index in [1.807, 2.05) is 24.3 Å². The standard InChI is InChI=1S/C17H26BrN3O2/c18-15-4-6-16(7-5-15)23-14-2-1-3-17(22)20-10-13-21-11-8-19-9-12-21/h4-7,19H,1-3,8-14H2,(H,20,22). The molecule has 2 N–H and O–H groups in total. The summed E-state index contributed by atoms with van der Waals surface area (Å²) >= 11 is 3.39. The predicted molar refractivity (Wildman–Crippen MR) is 95.8 cm³/mol. The SMILES string of the molecule is O=C(CCCCOc1ccc(Br)cc1)NCCN1CCNCC1. The maximum atomic E-state index is 11.8. The number of hydrogen-bond donors (Lipinski definition) is 2. The Labute approximate surface area is 146 Å². The first kappa shape index (κ1) is 18.2. The summed E-state index contributed by atoms with van der Waals surface area (Å²) in [7, 11) is 0. The van der Waals surface area contributed by atoms with E-state index in [1.165, 1.54) is 0 Å². The number of halogens is 1. The summed E-state index contributed by atoms with van der Waals surface area (Å²) < 4.78 is 6.68. The number of amides is 1. The van der Waals surface area contributed by atoms with E-state index in [-0.39, 0.29) is 5.91 Å². The lowest BCUT2D eigenvalue weighted by atomic mass is 10.2. The highest BCUT2D eigenvalue weighted by atomic mass is 79.9. The Morgan fingerprint density at radius 3 is 2.70 bits per heavy atom. The lowest BCUT2D eigenvalue weighted by Gasteiger charge is -2.27. The number of ether oxygens (including phenoxy) is 1. The minimum atomic E-state index is 0.142. The monoisotopic (exact) mass is 383 g/mol. The number of unbranched alkanes of at least 4 members (excludes halogenated alkanes) is 1. The molecule has 1 heterocycles. The molecule has 5 nitrogen and oxygen atoms in total. The normalized spacial score (nSPS) is 15.3. The lowest BCUT2D eigenvalue weighted by Crippen LogP contribution is -2.46. The molecule has 0 radical (unpaired) electrons. The van der Waals surface area contributed by atoms with Crippen LogP contribution in [-0.4, -0.2) is 56.7 Å². The van der Waals surface area contributed by atoms with Crippen LogP contribution in [0.2, 0.25) is 0 Å². The first-order valence-corrected chi connectivity index (χ1v) is 9.11. The molecule has 6 heteroatoms. The van der Waals surface area contributed by atoms with Gasteiger partial charge >= 0.3 is 0 Å². The fourth-order valence-electron chi connectivity index (χ4n) is 2.49. The van der Waals surface area contributed by atoms with Gasteiger partial charge in [0, 0.05) is 50.2 Å². The molecule has 0 aromatic heterocycles. The van der Waals surface area contributed by atoms with E-state index in [0.717, 1.165) is 62.3 Å². The minimum Gasteiger partial charge on any atom is -0.494 e. The number of carbonyl (C=O) groups is 1. The molecule has 0 spiro atoms. The molecule has 1 amide bonds. The molecule has 1 aliphatic heterocycles. The van der Waals surface area contributed by atoms with Crippen molar-refractivity contribution in [3.63, 3.8) is 0 Å². The van der Waals surface area contributed by atoms with Gasteiger partial charge in [0.15, 0.2) is 0 Å². The van der Waals surface area contributed by atoms with E-state index >= 15 is 0 Å². The van der Waals surface area contributed by atoms with Crippen LogP contribution >= 0.6 is 15.9 Å². The maximum Gasteiger partial charge on any atom is 0.220 e. The molecule has 128 valence electrons. The minimum absolute atomic E-state index is 0.142. The van der Waals surface area contributed by atoms with Gasteiger partial charge in [-0.2, -0.15) is 0 Å². The highest BCUT2D eigenvalue weighted by Crippen LogP contribution is 2.16. The Kier molecular flexibility index (Phi) is 8.42. The summed E-state index contributed by atoms with van der Waals surface area (Å²) in [4.78, 5) is 14.1. The van der Waals surface area contributed by atoms with Gasteiger partial charge < -0.3 is 15.4 Å². The van der Waals surface area contributed by atoms with Crippen LogP contribution in [0.25, 0.3) is 0 Å². The van der Waals surface area contributed by atoms with E-state index in [2.05, 4.69) is 31.5 Å². The van der Waals surface area contributed by atoms with Gasteiger partial charge in [-0.05, 0) is 37.1 Å². The fourth-order valence-corrected chi connectivity index (χ4v) is 2.75. The predicted octanol–water partition coefficient (Wildman–Crippen LogP) is 2.02. The zero-order valence-electron chi connectivity index (χ0n) is 13.5. The third kappa shape index (κ3) is 7.81. The van der Waals surface area contributed by atoms with Crippen molar-refractivity contribution in [3.8, 4) is 5.75 Å². The fraction of sp³-hybridized carbons (Fsp3) is 0.588. The zero-order chi connectivity index (χ0) is 16.3. The molecule has 1 fully saturated rings. The van der Waals surface area contributed by atoms with Crippen molar-refractivity contribution in [2.75, 3.05) is 45.9 Å². The van der Waals surface area contributed by atoms with Crippen molar-refractivity contribution in [3.05, 3.63) is 28.7 Å². The Morgan fingerprint density at radius 2 is 1.96 bits per heavy atom. The van der Waals surface area contributed by atoms with E-state index in [1.54, 1.807) is 0 Å². The quantitative estimate of drug-likeness (QED) is 0.640. The molecule has 23 heavy (non-hydrogen) atoms. The number of nitrogens with zero attached hydrogens (tertiary/aromatic N) is 1. The van der Waals surface area contributed by atoms with Gasteiger partial charge in [0.25, 0.3) is 0 Å². The number of piperazine rings is 1. The highest BCUT2D eigenvalue weighted by Gasteiger charge is 2.09. The van der Waals surface area contributed by atoms with Crippen LogP contribution in [0.4, 0.5) is 0 Å². The summed E-state index contributed by atoms with van der Waals surface area (Å²) in [6, 6.07) is 7.79. The van der Waals surface area contributed by atoms with Crippen LogP contribution in [-0.2, 0) is 4.79 Å². The van der Waals surface area contributed by atoms with Crippen molar-refractivity contribution in [1.82, 2.24) is 15.5 Å². The van der Waals surface area contributed by atoms with Crippen LogP contribution in [0.3, 0.4) is 0 Å². The number of hydrogen-bond acceptors (Lipinski definition) is 4. The second-order valence-corrected chi connectivity index (χ2v) is 6.62. The zero-order valence-corrected chi connectivity index (χ0v) is 15.1. The summed E-state index contributed by atoms with van der Waals surface area (Å²) in [5.41, 5.74) is 0. The summed E-state index contributed by atoms with van der Waals surface area (Å²) in [5.74, 6) is 1.01.